The lowest BCUT2D eigenvalue weighted by Crippen LogP contribution is -2.34. The van der Waals surface area contributed by atoms with Crippen LogP contribution >= 0.6 is 0 Å². The molecule has 2 rings (SSSR count). The molecule has 1 heterocycles. The molecule has 1 N–H and O–H groups in total. The molecule has 0 aliphatic heterocycles. The van der Waals surface area contributed by atoms with Crippen LogP contribution in [0.25, 0.3) is 10.9 Å². The summed E-state index contributed by atoms with van der Waals surface area (Å²) in [6.45, 7) is 4.71. The molecule has 19 heavy (non-hydrogen) atoms. The maximum absolute atomic E-state index is 11.5. The third kappa shape index (κ3) is 2.96. The molecule has 4 heteroatoms. The summed E-state index contributed by atoms with van der Waals surface area (Å²) < 4.78 is 7.08. The number of aryl methyl sites for hydroxylation is 1. The van der Waals surface area contributed by atoms with E-state index in [1.165, 1.54) is 16.5 Å². The molecule has 1 aromatic carbocycles. The van der Waals surface area contributed by atoms with Crippen LogP contribution in [0.3, 0.4) is 0 Å². The lowest BCUT2D eigenvalue weighted by atomic mass is 10.1. The molecule has 0 spiro atoms. The van der Waals surface area contributed by atoms with Crippen LogP contribution in [0.4, 0.5) is 0 Å². The first-order valence-corrected chi connectivity index (χ1v) is 6.56. The Balaban J connectivity index is 2.08. The molecule has 102 valence electrons. The van der Waals surface area contributed by atoms with Crippen molar-refractivity contribution in [2.45, 2.75) is 26.4 Å². The van der Waals surface area contributed by atoms with Crippen LogP contribution in [-0.2, 0) is 23.1 Å². The van der Waals surface area contributed by atoms with Crippen LogP contribution < -0.4 is 5.32 Å². The summed E-state index contributed by atoms with van der Waals surface area (Å²) in [5.41, 5.74) is 2.39. The minimum atomic E-state index is -0.293. The van der Waals surface area contributed by atoms with Crippen LogP contribution in [0.5, 0.6) is 0 Å². The molecule has 0 aliphatic carbocycles. The zero-order valence-corrected chi connectivity index (χ0v) is 11.6. The summed E-state index contributed by atoms with van der Waals surface area (Å²) in [5.74, 6) is -0.206. The van der Waals surface area contributed by atoms with Crippen molar-refractivity contribution in [1.82, 2.24) is 9.88 Å². The number of carbonyl (C=O) groups is 1. The summed E-state index contributed by atoms with van der Waals surface area (Å²) in [6, 6.07) is 7.95. The van der Waals surface area contributed by atoms with Gasteiger partial charge < -0.3 is 14.6 Å². The number of aromatic nitrogens is 1. The van der Waals surface area contributed by atoms with Crippen LogP contribution in [0.1, 0.15) is 19.4 Å². The minimum absolute atomic E-state index is 0.206. The Morgan fingerprint density at radius 2 is 2.16 bits per heavy atom. The van der Waals surface area contributed by atoms with Gasteiger partial charge in [-0.3, -0.25) is 4.79 Å². The molecule has 1 atom stereocenters. The molecule has 1 aromatic heterocycles. The summed E-state index contributed by atoms with van der Waals surface area (Å²) in [6.07, 6.45) is 2.09. The van der Waals surface area contributed by atoms with E-state index in [1.807, 2.05) is 33.0 Å². The van der Waals surface area contributed by atoms with Crippen LogP contribution in [0, 0.1) is 0 Å². The average molecular weight is 260 g/mol. The first-order valence-electron chi connectivity index (χ1n) is 6.56. The number of nitrogens with zero attached hydrogens (tertiary/aromatic N) is 1. The Hall–Kier alpha value is -1.81. The summed E-state index contributed by atoms with van der Waals surface area (Å²) in [5, 5.41) is 4.42. The van der Waals surface area contributed by atoms with Gasteiger partial charge in [-0.1, -0.05) is 18.2 Å². The van der Waals surface area contributed by atoms with Crippen molar-refractivity contribution >= 4 is 16.9 Å². The van der Waals surface area contributed by atoms with Gasteiger partial charge in [0.2, 0.25) is 0 Å². The highest BCUT2D eigenvalue weighted by atomic mass is 16.5. The third-order valence-electron chi connectivity index (χ3n) is 3.22. The lowest BCUT2D eigenvalue weighted by molar-refractivity contribution is -0.145. The Morgan fingerprint density at radius 1 is 1.42 bits per heavy atom. The van der Waals surface area contributed by atoms with Crippen molar-refractivity contribution < 1.29 is 9.53 Å². The molecule has 1 unspecified atom stereocenters. The molecule has 2 aromatic rings. The predicted molar refractivity (Wildman–Crippen MR) is 75.9 cm³/mol. The van der Waals surface area contributed by atoms with E-state index in [2.05, 4.69) is 28.2 Å². The number of hydrogen-bond acceptors (Lipinski definition) is 3. The molecule has 0 amide bonds. The van der Waals surface area contributed by atoms with Gasteiger partial charge >= 0.3 is 5.97 Å². The molecule has 0 radical (unpaired) electrons. The van der Waals surface area contributed by atoms with Gasteiger partial charge in [0.25, 0.3) is 0 Å². The number of hydrogen-bond donors (Lipinski definition) is 1. The fourth-order valence-corrected chi connectivity index (χ4v) is 2.18. The standard InChI is InChI=1S/C15H20N2O2/c1-4-19-15(18)11(2)16-9-12-10-17(3)14-8-6-5-7-13(12)14/h5-8,10-11,16H,4,9H2,1-3H3. The number of carbonyl (C=O) groups excluding carboxylic acids is 1. The first-order chi connectivity index (χ1) is 9.13. The lowest BCUT2D eigenvalue weighted by Gasteiger charge is -2.11. The highest BCUT2D eigenvalue weighted by Crippen LogP contribution is 2.20. The zero-order chi connectivity index (χ0) is 13.8. The zero-order valence-electron chi connectivity index (χ0n) is 11.6. The SMILES string of the molecule is CCOC(=O)C(C)NCc1cn(C)c2ccccc12. The molecule has 0 fully saturated rings. The number of fused-ring (bicyclic) bond motifs is 1. The predicted octanol–water partition coefficient (Wildman–Crippen LogP) is 2.22. The third-order valence-corrected chi connectivity index (χ3v) is 3.22. The molecule has 0 bridgehead atoms. The van der Waals surface area contributed by atoms with Crippen molar-refractivity contribution in [1.29, 1.82) is 0 Å². The first kappa shape index (κ1) is 13.6. The van der Waals surface area contributed by atoms with E-state index in [9.17, 15) is 4.79 Å². The monoisotopic (exact) mass is 260 g/mol. The second-order valence-corrected chi connectivity index (χ2v) is 4.64. The van der Waals surface area contributed by atoms with Crippen molar-refractivity contribution in [3.63, 3.8) is 0 Å². The van der Waals surface area contributed by atoms with Crippen LogP contribution in [-0.4, -0.2) is 23.2 Å². The minimum Gasteiger partial charge on any atom is -0.465 e. The van der Waals surface area contributed by atoms with E-state index >= 15 is 0 Å². The Labute approximate surface area is 113 Å². The smallest absolute Gasteiger partial charge is 0.322 e. The Kier molecular flexibility index (Phi) is 4.22. The van der Waals surface area contributed by atoms with Crippen LogP contribution in [0.15, 0.2) is 30.5 Å². The number of esters is 1. The second-order valence-electron chi connectivity index (χ2n) is 4.64. The van der Waals surface area contributed by atoms with E-state index in [1.54, 1.807) is 0 Å². The normalized spacial score (nSPS) is 12.6. The molecule has 4 nitrogen and oxygen atoms in total. The van der Waals surface area contributed by atoms with E-state index in [0.717, 1.165) is 0 Å². The van der Waals surface area contributed by atoms with Crippen LogP contribution in [0.2, 0.25) is 0 Å². The van der Waals surface area contributed by atoms with Crippen molar-refractivity contribution in [3.8, 4) is 0 Å². The quantitative estimate of drug-likeness (QED) is 0.838. The second kappa shape index (κ2) is 5.89. The van der Waals surface area contributed by atoms with Crippen molar-refractivity contribution in [3.05, 3.63) is 36.0 Å². The summed E-state index contributed by atoms with van der Waals surface area (Å²) in [4.78, 5) is 11.5. The maximum atomic E-state index is 11.5. The Morgan fingerprint density at radius 3 is 2.89 bits per heavy atom. The largest absolute Gasteiger partial charge is 0.465 e. The number of para-hydroxylation sites is 1. The van der Waals surface area contributed by atoms with Gasteiger partial charge in [-0.2, -0.15) is 0 Å². The number of nitrogens with one attached hydrogen (secondary N) is 1. The van der Waals surface area contributed by atoms with Gasteiger partial charge in [-0.25, -0.2) is 0 Å². The Bertz CT molecular complexity index is 575. The fourth-order valence-electron chi connectivity index (χ4n) is 2.18. The van der Waals surface area contributed by atoms with E-state index in [0.29, 0.717) is 13.2 Å². The summed E-state index contributed by atoms with van der Waals surface area (Å²) >= 11 is 0. The number of benzene rings is 1. The van der Waals surface area contributed by atoms with E-state index in [-0.39, 0.29) is 12.0 Å². The van der Waals surface area contributed by atoms with Gasteiger partial charge in [0, 0.05) is 30.7 Å². The number of rotatable bonds is 5. The van der Waals surface area contributed by atoms with Crippen molar-refractivity contribution in [2.24, 2.45) is 7.05 Å². The average Bonchev–Trinajstić information content (AvgIpc) is 2.74. The van der Waals surface area contributed by atoms with Gasteiger partial charge in [-0.05, 0) is 25.5 Å². The van der Waals surface area contributed by atoms with Gasteiger partial charge in [0.15, 0.2) is 0 Å². The molecular weight excluding hydrogens is 240 g/mol. The van der Waals surface area contributed by atoms with E-state index in [4.69, 9.17) is 4.74 Å². The highest BCUT2D eigenvalue weighted by molar-refractivity contribution is 5.84. The maximum Gasteiger partial charge on any atom is 0.322 e. The van der Waals surface area contributed by atoms with Gasteiger partial charge in [-0.15, -0.1) is 0 Å². The molecule has 0 saturated carbocycles. The molecule has 0 saturated heterocycles. The summed E-state index contributed by atoms with van der Waals surface area (Å²) in [7, 11) is 2.03. The van der Waals surface area contributed by atoms with Gasteiger partial charge in [0.1, 0.15) is 6.04 Å². The van der Waals surface area contributed by atoms with Gasteiger partial charge in [0.05, 0.1) is 6.61 Å². The molecule has 0 aliphatic rings. The topological polar surface area (TPSA) is 43.3 Å². The molecular formula is C15H20N2O2. The van der Waals surface area contributed by atoms with Crippen molar-refractivity contribution in [2.75, 3.05) is 6.61 Å². The highest BCUT2D eigenvalue weighted by Gasteiger charge is 2.14. The number of ether oxygens (including phenoxy) is 1. The van der Waals surface area contributed by atoms with E-state index < -0.39 is 0 Å². The fraction of sp³-hybridized carbons (Fsp3) is 0.400.